The van der Waals surface area contributed by atoms with E-state index in [1.165, 1.54) is 10.4 Å². The van der Waals surface area contributed by atoms with Crippen molar-refractivity contribution in [3.63, 3.8) is 0 Å². The van der Waals surface area contributed by atoms with Crippen LogP contribution in [0.1, 0.15) is 22.7 Å². The molecule has 1 fully saturated rings. The van der Waals surface area contributed by atoms with Crippen molar-refractivity contribution in [2.24, 2.45) is 0 Å². The van der Waals surface area contributed by atoms with Crippen molar-refractivity contribution in [2.45, 2.75) is 24.5 Å². The van der Waals surface area contributed by atoms with Crippen LogP contribution in [0.15, 0.2) is 35.7 Å². The van der Waals surface area contributed by atoms with Crippen molar-refractivity contribution in [2.75, 3.05) is 32.6 Å². The highest BCUT2D eigenvalue weighted by atomic mass is 32.2. The molecule has 1 aromatic carbocycles. The van der Waals surface area contributed by atoms with E-state index in [-0.39, 0.29) is 22.6 Å². The van der Waals surface area contributed by atoms with Gasteiger partial charge in [0.15, 0.2) is 0 Å². The lowest BCUT2D eigenvalue weighted by atomic mass is 10.2. The van der Waals surface area contributed by atoms with Crippen LogP contribution < -0.4 is 10.1 Å². The second-order valence-electron chi connectivity index (χ2n) is 6.68. The smallest absolute Gasteiger partial charge is 0.321 e. The van der Waals surface area contributed by atoms with E-state index in [1.807, 2.05) is 24.0 Å². The Morgan fingerprint density at radius 1 is 1.32 bits per heavy atom. The molecular formula is C20H25N3O3S2. The van der Waals surface area contributed by atoms with Crippen LogP contribution >= 0.6 is 23.1 Å². The van der Waals surface area contributed by atoms with Crippen LogP contribution in [0.25, 0.3) is 0 Å². The van der Waals surface area contributed by atoms with E-state index >= 15 is 0 Å². The lowest BCUT2D eigenvalue weighted by Gasteiger charge is -2.27. The van der Waals surface area contributed by atoms with Crippen LogP contribution in [0.5, 0.6) is 5.75 Å². The van der Waals surface area contributed by atoms with Gasteiger partial charge in [-0.25, -0.2) is 4.79 Å². The number of thioether (sulfide) groups is 1. The normalized spacial score (nSPS) is 19.0. The molecule has 0 spiro atoms. The highest BCUT2D eigenvalue weighted by molar-refractivity contribution is 8.01. The Hall–Kier alpha value is -2.19. The molecule has 150 valence electrons. The first kappa shape index (κ1) is 20.5. The first-order chi connectivity index (χ1) is 13.4. The van der Waals surface area contributed by atoms with Crippen molar-refractivity contribution in [1.29, 1.82) is 0 Å². The molecule has 6 nitrogen and oxygen atoms in total. The zero-order valence-electron chi connectivity index (χ0n) is 16.5. The number of thiophene rings is 1. The number of anilines is 1. The molecule has 28 heavy (non-hydrogen) atoms. The van der Waals surface area contributed by atoms with Gasteiger partial charge in [-0.05, 0) is 43.0 Å². The van der Waals surface area contributed by atoms with Gasteiger partial charge in [-0.1, -0.05) is 12.1 Å². The van der Waals surface area contributed by atoms with E-state index in [2.05, 4.69) is 23.7 Å². The summed E-state index contributed by atoms with van der Waals surface area (Å²) in [5.74, 6) is 0.735. The number of hydrogen-bond acceptors (Lipinski definition) is 5. The zero-order valence-corrected chi connectivity index (χ0v) is 18.1. The van der Waals surface area contributed by atoms with Crippen molar-refractivity contribution in [1.82, 2.24) is 9.80 Å². The number of nitrogens with zero attached hydrogens (tertiary/aromatic N) is 2. The summed E-state index contributed by atoms with van der Waals surface area (Å²) in [6, 6.07) is 9.13. The molecule has 2 heterocycles. The van der Waals surface area contributed by atoms with E-state index in [1.54, 1.807) is 54.3 Å². The summed E-state index contributed by atoms with van der Waals surface area (Å²) in [6.07, 6.45) is 0. The number of carbonyl (C=O) groups excluding carboxylic acids is 2. The number of para-hydroxylation sites is 2. The average molecular weight is 420 g/mol. The number of ether oxygens (including phenoxy) is 1. The SMILES string of the molecule is COc1ccccc1NC(=O)N(C)CCN1C(=O)[C@@H](C)S[C@@H]1c1sccc1C. The van der Waals surface area contributed by atoms with Gasteiger partial charge >= 0.3 is 6.03 Å². The van der Waals surface area contributed by atoms with Crippen LogP contribution in [0, 0.1) is 6.92 Å². The number of benzene rings is 1. The summed E-state index contributed by atoms with van der Waals surface area (Å²) >= 11 is 3.35. The minimum absolute atomic E-state index is 0.0215. The summed E-state index contributed by atoms with van der Waals surface area (Å²) < 4.78 is 5.27. The fourth-order valence-corrected chi connectivity index (χ4v) is 5.61. The maximum absolute atomic E-state index is 12.7. The van der Waals surface area contributed by atoms with E-state index in [0.717, 1.165) is 0 Å². The fraction of sp³-hybridized carbons (Fsp3) is 0.400. The van der Waals surface area contributed by atoms with Crippen molar-refractivity contribution >= 4 is 40.7 Å². The number of urea groups is 1. The fourth-order valence-electron chi connectivity index (χ4n) is 3.06. The Kier molecular flexibility index (Phi) is 6.51. The highest BCUT2D eigenvalue weighted by Gasteiger charge is 2.39. The monoisotopic (exact) mass is 419 g/mol. The molecule has 1 aromatic heterocycles. The topological polar surface area (TPSA) is 61.9 Å². The Morgan fingerprint density at radius 2 is 2.07 bits per heavy atom. The molecule has 0 aliphatic carbocycles. The number of amides is 3. The lowest BCUT2D eigenvalue weighted by Crippen LogP contribution is -2.40. The molecule has 0 unspecified atom stereocenters. The molecule has 2 atom stereocenters. The highest BCUT2D eigenvalue weighted by Crippen LogP contribution is 2.45. The number of hydrogen-bond donors (Lipinski definition) is 1. The maximum Gasteiger partial charge on any atom is 0.321 e. The van der Waals surface area contributed by atoms with Gasteiger partial charge in [0.2, 0.25) is 5.91 Å². The molecule has 3 amide bonds. The maximum atomic E-state index is 12.7. The zero-order chi connectivity index (χ0) is 20.3. The van der Waals surface area contributed by atoms with Crippen LogP contribution in [0.2, 0.25) is 0 Å². The van der Waals surface area contributed by atoms with Gasteiger partial charge in [-0.3, -0.25) is 4.79 Å². The Labute approximate surface area is 173 Å². The number of rotatable bonds is 6. The molecule has 1 aliphatic heterocycles. The summed E-state index contributed by atoms with van der Waals surface area (Å²) in [4.78, 5) is 29.9. The molecule has 0 bridgehead atoms. The Balaban J connectivity index is 1.63. The molecule has 8 heteroatoms. The van der Waals surface area contributed by atoms with Crippen molar-refractivity contribution in [3.8, 4) is 5.75 Å². The number of methoxy groups -OCH3 is 1. The summed E-state index contributed by atoms with van der Waals surface area (Å²) in [5.41, 5.74) is 1.83. The second-order valence-corrected chi connectivity index (χ2v) is 9.06. The number of carbonyl (C=O) groups is 2. The lowest BCUT2D eigenvalue weighted by molar-refractivity contribution is -0.129. The predicted octanol–water partition coefficient (Wildman–Crippen LogP) is 4.19. The molecule has 3 rings (SSSR count). The van der Waals surface area contributed by atoms with Gasteiger partial charge in [0.05, 0.1) is 18.0 Å². The van der Waals surface area contributed by atoms with E-state index in [4.69, 9.17) is 4.74 Å². The van der Waals surface area contributed by atoms with Gasteiger partial charge in [0.25, 0.3) is 0 Å². The molecule has 2 aromatic rings. The van der Waals surface area contributed by atoms with Crippen LogP contribution in [-0.4, -0.2) is 54.2 Å². The largest absolute Gasteiger partial charge is 0.495 e. The molecular weight excluding hydrogens is 394 g/mol. The third-order valence-corrected chi connectivity index (χ3v) is 7.32. The Morgan fingerprint density at radius 3 is 2.75 bits per heavy atom. The molecule has 1 saturated heterocycles. The van der Waals surface area contributed by atoms with Gasteiger partial charge < -0.3 is 19.9 Å². The van der Waals surface area contributed by atoms with Crippen LogP contribution in [0.3, 0.4) is 0 Å². The average Bonchev–Trinajstić information content (AvgIpc) is 3.23. The minimum atomic E-state index is -0.235. The van der Waals surface area contributed by atoms with Crippen molar-refractivity contribution < 1.29 is 14.3 Å². The van der Waals surface area contributed by atoms with Gasteiger partial charge in [-0.15, -0.1) is 23.1 Å². The van der Waals surface area contributed by atoms with Gasteiger partial charge in [-0.2, -0.15) is 0 Å². The first-order valence-corrected chi connectivity index (χ1v) is 10.9. The number of aryl methyl sites for hydroxylation is 1. The van der Waals surface area contributed by atoms with Gasteiger partial charge in [0, 0.05) is 25.0 Å². The standard InChI is InChI=1S/C20H25N3O3S2/c1-13-9-12-27-17(13)19-23(18(24)14(2)28-19)11-10-22(3)20(25)21-15-7-5-6-8-16(15)26-4/h5-9,12,14,19H,10-11H2,1-4H3,(H,21,25)/t14-,19-/m1/s1. The van der Waals surface area contributed by atoms with Gasteiger partial charge in [0.1, 0.15) is 11.1 Å². The minimum Gasteiger partial charge on any atom is -0.495 e. The number of nitrogens with one attached hydrogen (secondary N) is 1. The second kappa shape index (κ2) is 8.87. The molecule has 0 saturated carbocycles. The summed E-state index contributed by atoms with van der Waals surface area (Å²) in [5, 5.41) is 4.87. The molecule has 1 aliphatic rings. The quantitative estimate of drug-likeness (QED) is 0.763. The van der Waals surface area contributed by atoms with E-state index in [9.17, 15) is 9.59 Å². The Bertz CT molecular complexity index is 855. The van der Waals surface area contributed by atoms with Crippen LogP contribution in [0.4, 0.5) is 10.5 Å². The third kappa shape index (κ3) is 4.28. The van der Waals surface area contributed by atoms with E-state index < -0.39 is 0 Å². The van der Waals surface area contributed by atoms with Crippen LogP contribution in [-0.2, 0) is 4.79 Å². The molecule has 1 N–H and O–H groups in total. The van der Waals surface area contributed by atoms with Crippen molar-refractivity contribution in [3.05, 3.63) is 46.2 Å². The van der Waals surface area contributed by atoms with E-state index in [0.29, 0.717) is 24.5 Å². The summed E-state index contributed by atoms with van der Waals surface area (Å²) in [7, 11) is 3.30. The summed E-state index contributed by atoms with van der Waals surface area (Å²) in [6.45, 7) is 4.96. The third-order valence-electron chi connectivity index (χ3n) is 4.74. The number of likely N-dealkylation sites (N-methyl/N-ethyl adjacent to an activating group) is 1. The first-order valence-electron chi connectivity index (χ1n) is 9.07. The molecule has 0 radical (unpaired) electrons. The predicted molar refractivity (Wildman–Crippen MR) is 115 cm³/mol.